The summed E-state index contributed by atoms with van der Waals surface area (Å²) in [5.41, 5.74) is 0. The molecule has 0 aromatic heterocycles. The van der Waals surface area contributed by atoms with Crippen molar-refractivity contribution in [2.24, 2.45) is 0 Å². The average molecular weight is 258 g/mol. The van der Waals surface area contributed by atoms with Gasteiger partial charge in [-0.05, 0) is 6.42 Å². The summed E-state index contributed by atoms with van der Waals surface area (Å²) in [6, 6.07) is 0. The molecule has 1 N–H and O–H groups in total. The maximum atomic E-state index is 10.3. The molecule has 0 aliphatic rings. The minimum atomic E-state index is -0.740. The van der Waals surface area contributed by atoms with Crippen LogP contribution in [0.3, 0.4) is 0 Å². The summed E-state index contributed by atoms with van der Waals surface area (Å²) in [4.78, 5) is 10.3. The van der Waals surface area contributed by atoms with E-state index < -0.39 is 5.97 Å². The summed E-state index contributed by atoms with van der Waals surface area (Å²) in [6.07, 6.45) is 14.3. The first kappa shape index (κ1) is 15.5. The number of carbonyl (C=O) groups is 1. The van der Waals surface area contributed by atoms with E-state index in [1.54, 1.807) is 0 Å². The maximum absolute atomic E-state index is 10.3. The van der Waals surface area contributed by atoms with Crippen molar-refractivity contribution in [3.05, 3.63) is 0 Å². The molecule has 0 rings (SSSR count). The fourth-order valence-corrected chi connectivity index (χ4v) is 2.14. The predicted octanol–water partition coefficient (Wildman–Crippen LogP) is 5.55. The molecule has 0 fully saturated rings. The highest BCUT2D eigenvalue weighted by atomic mass is 16.4. The van der Waals surface area contributed by atoms with E-state index in [1.807, 2.05) is 0 Å². The summed E-state index contributed by atoms with van der Waals surface area (Å²) in [7, 11) is 0. The quantitative estimate of drug-likeness (QED) is 0.415. The topological polar surface area (TPSA) is 37.3 Å². The molecule has 2 nitrogen and oxygen atoms in total. The van der Waals surface area contributed by atoms with Gasteiger partial charge in [0.1, 0.15) is 0 Å². The third-order valence-electron chi connectivity index (χ3n) is 3.31. The van der Waals surface area contributed by atoms with Crippen LogP contribution in [-0.4, -0.2) is 11.1 Å². The first-order valence-corrected chi connectivity index (χ1v) is 7.80. The van der Waals surface area contributed by atoms with Crippen molar-refractivity contribution in [2.45, 2.75) is 96.8 Å². The van der Waals surface area contributed by atoms with Crippen LogP contribution in [0.5, 0.6) is 0 Å². The minimum Gasteiger partial charge on any atom is -0.481 e. The Morgan fingerprint density at radius 1 is 0.833 bits per heavy atom. The molecular formula is C16H32O2. The molecule has 0 aromatic carbocycles. The van der Waals surface area contributed by atoms with Crippen molar-refractivity contribution >= 4 is 5.97 Å². The molecule has 0 bridgehead atoms. The van der Waals surface area contributed by atoms with Crippen LogP contribution in [0.25, 0.3) is 0 Å². The summed E-state index contributed by atoms with van der Waals surface area (Å²) in [6.45, 7) is 2.24. The summed E-state index contributed by atoms with van der Waals surface area (Å²) >= 11 is 0. The lowest BCUT2D eigenvalue weighted by molar-refractivity contribution is -0.137. The summed E-state index contributed by atoms with van der Waals surface area (Å²) in [5, 5.41) is 8.52. The molecule has 0 radical (unpaired) electrons. The first-order chi connectivity index (χ1) is 9.16. The standard InChI is InChI=1S/C16H32O2/c1-2-3-4-5-6-7-8-9-10-11-12-13-14-15-16(17)18/h2-15H2,1H3,(H,17,18)/i12T. The number of rotatable bonds is 14. The number of carboxylic acids is 1. The molecule has 1 unspecified atom stereocenters. The van der Waals surface area contributed by atoms with E-state index in [2.05, 4.69) is 6.92 Å². The van der Waals surface area contributed by atoms with Crippen molar-refractivity contribution in [2.75, 3.05) is 0 Å². The van der Waals surface area contributed by atoms with Crippen LogP contribution in [-0.2, 0) is 4.79 Å². The molecule has 0 aliphatic heterocycles. The highest BCUT2D eigenvalue weighted by Gasteiger charge is 1.96. The van der Waals surface area contributed by atoms with Crippen LogP contribution in [0.1, 0.15) is 98.2 Å². The molecular weight excluding hydrogens is 224 g/mol. The van der Waals surface area contributed by atoms with Crippen LogP contribution in [0.2, 0.25) is 0 Å². The molecule has 0 spiro atoms. The Morgan fingerprint density at radius 3 is 1.78 bits per heavy atom. The SMILES string of the molecule is [3H]C(CCCCCCCCCCC)CCCC(=O)O. The van der Waals surface area contributed by atoms with Crippen LogP contribution < -0.4 is 0 Å². The van der Waals surface area contributed by atoms with Gasteiger partial charge in [-0.2, -0.15) is 0 Å². The third kappa shape index (κ3) is 15.5. The molecule has 18 heavy (non-hydrogen) atoms. The van der Waals surface area contributed by atoms with E-state index in [9.17, 15) is 4.79 Å². The van der Waals surface area contributed by atoms with Gasteiger partial charge in [-0.1, -0.05) is 83.9 Å². The van der Waals surface area contributed by atoms with Gasteiger partial charge in [-0.3, -0.25) is 4.79 Å². The number of unbranched alkanes of at least 4 members (excludes halogenated alkanes) is 8. The van der Waals surface area contributed by atoms with Crippen LogP contribution in [0.4, 0.5) is 0 Å². The summed E-state index contributed by atoms with van der Waals surface area (Å²) < 4.78 is 7.82. The van der Waals surface area contributed by atoms with Gasteiger partial charge in [0.25, 0.3) is 0 Å². The normalized spacial score (nSPS) is 13.3. The van der Waals surface area contributed by atoms with Crippen molar-refractivity contribution in [1.29, 1.82) is 0 Å². The van der Waals surface area contributed by atoms with Crippen molar-refractivity contribution in [3.63, 3.8) is 0 Å². The predicted molar refractivity (Wildman–Crippen MR) is 77.9 cm³/mol. The molecule has 0 aliphatic carbocycles. The maximum Gasteiger partial charge on any atom is 0.303 e. The van der Waals surface area contributed by atoms with Gasteiger partial charge in [0, 0.05) is 7.79 Å². The number of hydrogen-bond acceptors (Lipinski definition) is 1. The highest BCUT2D eigenvalue weighted by molar-refractivity contribution is 5.66. The second kappa shape index (κ2) is 14.5. The first-order valence-electron chi connectivity index (χ1n) is 8.38. The van der Waals surface area contributed by atoms with Crippen molar-refractivity contribution in [1.82, 2.24) is 0 Å². The Hall–Kier alpha value is -0.530. The lowest BCUT2D eigenvalue weighted by atomic mass is 10.0. The fourth-order valence-electron chi connectivity index (χ4n) is 2.14. The van der Waals surface area contributed by atoms with E-state index >= 15 is 0 Å². The molecule has 0 heterocycles. The number of aliphatic carboxylic acids is 1. The Morgan fingerprint density at radius 2 is 1.28 bits per heavy atom. The Bertz CT molecular complexity index is 207. The van der Waals surface area contributed by atoms with E-state index in [-0.39, 0.29) is 12.8 Å². The van der Waals surface area contributed by atoms with Gasteiger partial charge in [0.2, 0.25) is 0 Å². The average Bonchev–Trinajstić information content (AvgIpc) is 2.36. The molecule has 0 amide bonds. The van der Waals surface area contributed by atoms with Crippen LogP contribution in [0, 0.1) is 0 Å². The molecule has 0 saturated heterocycles. The van der Waals surface area contributed by atoms with Gasteiger partial charge in [-0.25, -0.2) is 0 Å². The zero-order valence-electron chi connectivity index (χ0n) is 13.1. The molecule has 0 saturated carbocycles. The van der Waals surface area contributed by atoms with E-state index in [0.29, 0.717) is 6.42 Å². The van der Waals surface area contributed by atoms with Gasteiger partial charge in [0.15, 0.2) is 0 Å². The van der Waals surface area contributed by atoms with Gasteiger partial charge < -0.3 is 5.11 Å². The highest BCUT2D eigenvalue weighted by Crippen LogP contribution is 2.12. The zero-order chi connectivity index (χ0) is 14.3. The van der Waals surface area contributed by atoms with E-state index in [1.165, 1.54) is 51.4 Å². The lowest BCUT2D eigenvalue weighted by Gasteiger charge is -2.02. The van der Waals surface area contributed by atoms with E-state index in [4.69, 9.17) is 6.48 Å². The molecule has 2 heteroatoms. The van der Waals surface area contributed by atoms with Gasteiger partial charge in [0.05, 0.1) is 0 Å². The number of hydrogen-bond donors (Lipinski definition) is 1. The second-order valence-electron chi connectivity index (χ2n) is 5.19. The number of carboxylic acid groups (broad SMARTS) is 1. The minimum absolute atomic E-state index is 0.0519. The Labute approximate surface area is 115 Å². The zero-order valence-corrected chi connectivity index (χ0v) is 12.1. The van der Waals surface area contributed by atoms with Crippen LogP contribution >= 0.6 is 0 Å². The molecule has 108 valence electrons. The Kier molecular flexibility index (Phi) is 12.5. The van der Waals surface area contributed by atoms with Crippen molar-refractivity contribution < 1.29 is 11.3 Å². The fraction of sp³-hybridized carbons (Fsp3) is 0.938. The second-order valence-corrected chi connectivity index (χ2v) is 5.19. The Balaban J connectivity index is 3.14. The van der Waals surface area contributed by atoms with Gasteiger partial charge >= 0.3 is 5.97 Å². The molecule has 0 aromatic rings. The summed E-state index contributed by atoms with van der Waals surface area (Å²) in [5.74, 6) is -0.740. The largest absolute Gasteiger partial charge is 0.481 e. The lowest BCUT2D eigenvalue weighted by Crippen LogP contribution is -1.93. The van der Waals surface area contributed by atoms with Gasteiger partial charge in [-0.15, -0.1) is 0 Å². The third-order valence-corrected chi connectivity index (χ3v) is 3.31. The van der Waals surface area contributed by atoms with Crippen molar-refractivity contribution in [3.8, 4) is 0 Å². The molecule has 1 atom stereocenters. The smallest absolute Gasteiger partial charge is 0.303 e. The monoisotopic (exact) mass is 258 g/mol. The van der Waals surface area contributed by atoms with E-state index in [0.717, 1.165) is 19.3 Å². The van der Waals surface area contributed by atoms with Crippen LogP contribution in [0.15, 0.2) is 0 Å².